The molecule has 1 aromatic carbocycles. The van der Waals surface area contributed by atoms with Gasteiger partial charge in [0.2, 0.25) is 0 Å². The van der Waals surface area contributed by atoms with Crippen molar-refractivity contribution >= 4 is 11.7 Å². The lowest BCUT2D eigenvalue weighted by atomic mass is 10.0. The second kappa shape index (κ2) is 6.40. The molecule has 1 rings (SSSR count). The SMILES string of the molecule is CCOCC(C)OC(=O)c1cc(C)cc(C)c1N. The first-order valence-electron chi connectivity index (χ1n) is 6.11. The van der Waals surface area contributed by atoms with Gasteiger partial charge in [-0.15, -0.1) is 0 Å². The summed E-state index contributed by atoms with van der Waals surface area (Å²) in [6.45, 7) is 8.50. The Morgan fingerprint density at radius 2 is 2.06 bits per heavy atom. The van der Waals surface area contributed by atoms with Crippen LogP contribution in [0.5, 0.6) is 0 Å². The van der Waals surface area contributed by atoms with E-state index in [2.05, 4.69) is 0 Å². The van der Waals surface area contributed by atoms with Crippen LogP contribution >= 0.6 is 0 Å². The van der Waals surface area contributed by atoms with Gasteiger partial charge in [-0.3, -0.25) is 0 Å². The normalized spacial score (nSPS) is 12.2. The highest BCUT2D eigenvalue weighted by atomic mass is 16.6. The van der Waals surface area contributed by atoms with E-state index in [1.54, 1.807) is 13.0 Å². The maximum Gasteiger partial charge on any atom is 0.340 e. The predicted molar refractivity (Wildman–Crippen MR) is 71.7 cm³/mol. The number of aryl methyl sites for hydroxylation is 2. The van der Waals surface area contributed by atoms with E-state index in [4.69, 9.17) is 15.2 Å². The van der Waals surface area contributed by atoms with Crippen molar-refractivity contribution in [3.63, 3.8) is 0 Å². The fraction of sp³-hybridized carbons (Fsp3) is 0.500. The minimum Gasteiger partial charge on any atom is -0.457 e. The number of anilines is 1. The molecule has 1 atom stereocenters. The largest absolute Gasteiger partial charge is 0.457 e. The maximum absolute atomic E-state index is 12.0. The van der Waals surface area contributed by atoms with E-state index in [0.717, 1.165) is 11.1 Å². The second-order valence-electron chi connectivity index (χ2n) is 4.42. The molecule has 0 heterocycles. The molecular weight excluding hydrogens is 230 g/mol. The van der Waals surface area contributed by atoms with Crippen LogP contribution in [-0.4, -0.2) is 25.3 Å². The highest BCUT2D eigenvalue weighted by molar-refractivity contribution is 5.96. The average molecular weight is 251 g/mol. The topological polar surface area (TPSA) is 61.5 Å². The Kier molecular flexibility index (Phi) is 5.16. The summed E-state index contributed by atoms with van der Waals surface area (Å²) in [4.78, 5) is 12.0. The molecule has 100 valence electrons. The smallest absolute Gasteiger partial charge is 0.340 e. The van der Waals surface area contributed by atoms with Crippen LogP contribution < -0.4 is 5.73 Å². The van der Waals surface area contributed by atoms with Gasteiger partial charge in [0.05, 0.1) is 12.2 Å². The van der Waals surface area contributed by atoms with Gasteiger partial charge in [-0.2, -0.15) is 0 Å². The van der Waals surface area contributed by atoms with Crippen LogP contribution in [0.15, 0.2) is 12.1 Å². The summed E-state index contributed by atoms with van der Waals surface area (Å²) in [6, 6.07) is 3.69. The first-order valence-corrected chi connectivity index (χ1v) is 6.11. The number of esters is 1. The van der Waals surface area contributed by atoms with Crippen molar-refractivity contribution in [3.05, 3.63) is 28.8 Å². The molecule has 0 saturated heterocycles. The Morgan fingerprint density at radius 3 is 2.67 bits per heavy atom. The van der Waals surface area contributed by atoms with E-state index >= 15 is 0 Å². The molecule has 0 aromatic heterocycles. The summed E-state index contributed by atoms with van der Waals surface area (Å²) >= 11 is 0. The zero-order valence-electron chi connectivity index (χ0n) is 11.4. The minimum atomic E-state index is -0.397. The molecule has 0 spiro atoms. The Hall–Kier alpha value is -1.55. The highest BCUT2D eigenvalue weighted by Gasteiger charge is 2.16. The maximum atomic E-state index is 12.0. The summed E-state index contributed by atoms with van der Waals surface area (Å²) < 4.78 is 10.5. The number of hydrogen-bond donors (Lipinski definition) is 1. The third-order valence-electron chi connectivity index (χ3n) is 2.62. The van der Waals surface area contributed by atoms with E-state index in [1.807, 2.05) is 26.8 Å². The summed E-state index contributed by atoms with van der Waals surface area (Å²) in [5.74, 6) is -0.397. The van der Waals surface area contributed by atoms with E-state index < -0.39 is 5.97 Å². The lowest BCUT2D eigenvalue weighted by Crippen LogP contribution is -2.21. The molecule has 1 aromatic rings. The van der Waals surface area contributed by atoms with Gasteiger partial charge in [-0.05, 0) is 44.9 Å². The molecule has 18 heavy (non-hydrogen) atoms. The van der Waals surface area contributed by atoms with Gasteiger partial charge in [0.15, 0.2) is 0 Å². The third-order valence-corrected chi connectivity index (χ3v) is 2.62. The quantitative estimate of drug-likeness (QED) is 0.645. The molecular formula is C14H21NO3. The zero-order chi connectivity index (χ0) is 13.7. The lowest BCUT2D eigenvalue weighted by Gasteiger charge is -2.15. The molecule has 0 fully saturated rings. The zero-order valence-corrected chi connectivity index (χ0v) is 11.4. The molecule has 1 unspecified atom stereocenters. The Balaban J connectivity index is 2.78. The lowest BCUT2D eigenvalue weighted by molar-refractivity contribution is 0.00448. The molecule has 4 nitrogen and oxygen atoms in total. The van der Waals surface area contributed by atoms with Crippen molar-refractivity contribution in [2.45, 2.75) is 33.8 Å². The third kappa shape index (κ3) is 3.74. The van der Waals surface area contributed by atoms with Crippen LogP contribution in [0.3, 0.4) is 0 Å². The van der Waals surface area contributed by atoms with Crippen LogP contribution in [0.4, 0.5) is 5.69 Å². The molecule has 0 saturated carbocycles. The summed E-state index contributed by atoms with van der Waals surface area (Å²) in [6.07, 6.45) is -0.280. The van der Waals surface area contributed by atoms with Crippen molar-refractivity contribution in [3.8, 4) is 0 Å². The van der Waals surface area contributed by atoms with Crippen molar-refractivity contribution in [1.29, 1.82) is 0 Å². The molecule has 0 aliphatic heterocycles. The monoisotopic (exact) mass is 251 g/mol. The van der Waals surface area contributed by atoms with Gasteiger partial charge in [-0.25, -0.2) is 4.79 Å². The minimum absolute atomic E-state index is 0.280. The number of ether oxygens (including phenoxy) is 2. The number of carbonyl (C=O) groups is 1. The van der Waals surface area contributed by atoms with Crippen molar-refractivity contribution in [2.75, 3.05) is 18.9 Å². The standard InChI is InChI=1S/C14H21NO3/c1-5-17-8-11(4)18-14(16)12-7-9(2)6-10(3)13(12)15/h6-7,11H,5,8,15H2,1-4H3. The number of nitrogen functional groups attached to an aromatic ring is 1. The fourth-order valence-electron chi connectivity index (χ4n) is 1.71. The second-order valence-corrected chi connectivity index (χ2v) is 4.42. The molecule has 0 bridgehead atoms. The van der Waals surface area contributed by atoms with Crippen LogP contribution in [0.1, 0.15) is 35.3 Å². The van der Waals surface area contributed by atoms with Crippen LogP contribution in [0.2, 0.25) is 0 Å². The van der Waals surface area contributed by atoms with Crippen LogP contribution in [0, 0.1) is 13.8 Å². The number of hydrogen-bond acceptors (Lipinski definition) is 4. The summed E-state index contributed by atoms with van der Waals surface area (Å²) in [5.41, 5.74) is 8.68. The molecule has 0 amide bonds. The highest BCUT2D eigenvalue weighted by Crippen LogP contribution is 2.20. The number of carbonyl (C=O) groups excluding carboxylic acids is 1. The predicted octanol–water partition coefficient (Wildman–Crippen LogP) is 2.47. The van der Waals surface area contributed by atoms with Gasteiger partial charge in [-0.1, -0.05) is 6.07 Å². The first-order chi connectivity index (χ1) is 8.45. The number of benzene rings is 1. The molecule has 2 N–H and O–H groups in total. The molecule has 0 aliphatic carbocycles. The average Bonchev–Trinajstić information content (AvgIpc) is 2.30. The van der Waals surface area contributed by atoms with Gasteiger partial charge in [0.1, 0.15) is 6.10 Å². The van der Waals surface area contributed by atoms with Gasteiger partial charge < -0.3 is 15.2 Å². The first kappa shape index (κ1) is 14.5. The van der Waals surface area contributed by atoms with Crippen molar-refractivity contribution in [2.24, 2.45) is 0 Å². The van der Waals surface area contributed by atoms with Gasteiger partial charge in [0.25, 0.3) is 0 Å². The van der Waals surface area contributed by atoms with Crippen molar-refractivity contribution in [1.82, 2.24) is 0 Å². The van der Waals surface area contributed by atoms with Gasteiger partial charge >= 0.3 is 5.97 Å². The Morgan fingerprint density at radius 1 is 1.39 bits per heavy atom. The molecule has 4 heteroatoms. The molecule has 0 aliphatic rings. The van der Waals surface area contributed by atoms with Gasteiger partial charge in [0, 0.05) is 12.3 Å². The van der Waals surface area contributed by atoms with E-state index in [1.165, 1.54) is 0 Å². The number of rotatable bonds is 5. The summed E-state index contributed by atoms with van der Waals surface area (Å²) in [5, 5.41) is 0. The molecule has 0 radical (unpaired) electrons. The van der Waals surface area contributed by atoms with Crippen LogP contribution in [0.25, 0.3) is 0 Å². The fourth-order valence-corrected chi connectivity index (χ4v) is 1.71. The van der Waals surface area contributed by atoms with E-state index in [0.29, 0.717) is 24.5 Å². The van der Waals surface area contributed by atoms with Crippen molar-refractivity contribution < 1.29 is 14.3 Å². The Labute approximate surface area is 108 Å². The van der Waals surface area contributed by atoms with E-state index in [9.17, 15) is 4.79 Å². The Bertz CT molecular complexity index is 429. The summed E-state index contributed by atoms with van der Waals surface area (Å²) in [7, 11) is 0. The van der Waals surface area contributed by atoms with Crippen LogP contribution in [-0.2, 0) is 9.47 Å². The van der Waals surface area contributed by atoms with E-state index in [-0.39, 0.29) is 6.10 Å². The number of nitrogens with two attached hydrogens (primary N) is 1.